The number of oxazole rings is 1. The first kappa shape index (κ1) is 15.5. The number of rotatable bonds is 4. The van der Waals surface area contributed by atoms with E-state index in [0.29, 0.717) is 0 Å². The fourth-order valence-electron chi connectivity index (χ4n) is 3.22. The summed E-state index contributed by atoms with van der Waals surface area (Å²) in [6, 6.07) is 16.2. The summed E-state index contributed by atoms with van der Waals surface area (Å²) >= 11 is 0. The van der Waals surface area contributed by atoms with E-state index in [0.717, 1.165) is 47.4 Å². The van der Waals surface area contributed by atoms with Crippen LogP contribution in [0.15, 0.2) is 71.0 Å². The Morgan fingerprint density at radius 2 is 1.84 bits per heavy atom. The fraction of sp³-hybridized carbons (Fsp3) is 0.190. The maximum Gasteiger partial charge on any atom is 0.374 e. The number of ether oxygens (including phenoxy) is 1. The zero-order chi connectivity index (χ0) is 17.2. The Kier molecular flexibility index (Phi) is 4.02. The van der Waals surface area contributed by atoms with Gasteiger partial charge in [-0.2, -0.15) is 4.57 Å². The number of fused-ring (bicyclic) bond motifs is 2. The summed E-state index contributed by atoms with van der Waals surface area (Å²) in [5.74, 6) is 2.56. The number of aryl methyl sites for hydroxylation is 1. The van der Waals surface area contributed by atoms with Crippen molar-refractivity contribution in [3.8, 4) is 5.75 Å². The van der Waals surface area contributed by atoms with Gasteiger partial charge in [0.05, 0.1) is 11.8 Å². The Bertz CT molecular complexity index is 969. The topological polar surface area (TPSA) is 29.5 Å². The maximum atomic E-state index is 5.96. The summed E-state index contributed by atoms with van der Waals surface area (Å²) in [5.41, 5.74) is 3.12. The van der Waals surface area contributed by atoms with Crippen molar-refractivity contribution < 1.29 is 13.7 Å². The van der Waals surface area contributed by atoms with Crippen molar-refractivity contribution in [2.45, 2.75) is 20.4 Å². The van der Waals surface area contributed by atoms with E-state index in [-0.39, 0.29) is 0 Å². The lowest BCUT2D eigenvalue weighted by Gasteiger charge is -2.14. The first-order valence-corrected chi connectivity index (χ1v) is 8.66. The molecular weight excluding hydrogens is 312 g/mol. The van der Waals surface area contributed by atoms with Crippen LogP contribution in [-0.4, -0.2) is 6.54 Å². The summed E-state index contributed by atoms with van der Waals surface area (Å²) in [6.45, 7) is 5.95. The first-order valence-electron chi connectivity index (χ1n) is 8.66. The molecule has 0 bridgehead atoms. The third-order valence-corrected chi connectivity index (χ3v) is 4.38. The molecule has 1 aromatic heterocycles. The van der Waals surface area contributed by atoms with Crippen molar-refractivity contribution >= 4 is 22.9 Å². The number of hydrogen-bond donors (Lipinski definition) is 0. The van der Waals surface area contributed by atoms with Crippen molar-refractivity contribution in [3.05, 3.63) is 72.5 Å². The smallest absolute Gasteiger partial charge is 0.374 e. The van der Waals surface area contributed by atoms with Crippen molar-refractivity contribution in [3.63, 3.8) is 0 Å². The molecule has 0 unspecified atom stereocenters. The molecule has 0 amide bonds. The van der Waals surface area contributed by atoms with E-state index in [1.54, 1.807) is 0 Å². The van der Waals surface area contributed by atoms with Gasteiger partial charge in [0.15, 0.2) is 5.75 Å². The monoisotopic (exact) mass is 333 g/mol. The third kappa shape index (κ3) is 2.70. The quantitative estimate of drug-likeness (QED) is 0.658. The molecule has 2 heterocycles. The van der Waals surface area contributed by atoms with Gasteiger partial charge in [0.25, 0.3) is 5.52 Å². The molecule has 0 fully saturated rings. The highest BCUT2D eigenvalue weighted by Gasteiger charge is 2.24. The molecule has 126 valence electrons. The van der Waals surface area contributed by atoms with E-state index in [1.165, 1.54) is 0 Å². The molecule has 0 atom stereocenters. The van der Waals surface area contributed by atoms with Gasteiger partial charge in [-0.25, -0.2) is 0 Å². The molecule has 0 N–H and O–H groups in total. The number of benzene rings is 2. The lowest BCUT2D eigenvalue weighted by molar-refractivity contribution is -0.674. The molecule has 1 aliphatic rings. The molecule has 2 aromatic carbocycles. The molecule has 0 saturated carbocycles. The molecule has 4 nitrogen and oxygen atoms in total. The molecule has 25 heavy (non-hydrogen) atoms. The minimum Gasteiger partial charge on any atom is -0.439 e. The molecule has 0 spiro atoms. The zero-order valence-electron chi connectivity index (χ0n) is 14.5. The standard InChI is InChI=1S/C21H21N2O2/c1-3-22-16-10-5-7-12-18(16)24-20(22)14-9-15-21-23(4-2)17-11-6-8-13-19(17)25-21/h5-15H,3-4H2,1-2H3/q+1. The SMILES string of the molecule is CCN1/C(=C/C=C/c2oc3ccccc3[n+]2CC)Oc2ccccc21. The molecule has 4 rings (SSSR count). The van der Waals surface area contributed by atoms with Crippen LogP contribution in [0.25, 0.3) is 17.2 Å². The Balaban J connectivity index is 1.64. The van der Waals surface area contributed by atoms with Gasteiger partial charge in [0.2, 0.25) is 11.5 Å². The fourth-order valence-corrected chi connectivity index (χ4v) is 3.22. The normalized spacial score (nSPS) is 15.3. The summed E-state index contributed by atoms with van der Waals surface area (Å²) in [5, 5.41) is 0. The largest absolute Gasteiger partial charge is 0.439 e. The Morgan fingerprint density at radius 3 is 2.68 bits per heavy atom. The molecular formula is C21H21N2O2+. The third-order valence-electron chi connectivity index (χ3n) is 4.38. The lowest BCUT2D eigenvalue weighted by atomic mass is 10.3. The van der Waals surface area contributed by atoms with E-state index < -0.39 is 0 Å². The molecule has 0 saturated heterocycles. The minimum atomic E-state index is 0.833. The second-order valence-electron chi connectivity index (χ2n) is 5.83. The van der Waals surface area contributed by atoms with Crippen molar-refractivity contribution in [2.24, 2.45) is 0 Å². The lowest BCUT2D eigenvalue weighted by Crippen LogP contribution is -2.33. The number of aromatic nitrogens is 1. The van der Waals surface area contributed by atoms with Crippen LogP contribution in [0.5, 0.6) is 5.75 Å². The summed E-state index contributed by atoms with van der Waals surface area (Å²) in [4.78, 5) is 2.16. The van der Waals surface area contributed by atoms with Gasteiger partial charge < -0.3 is 14.1 Å². The van der Waals surface area contributed by atoms with Gasteiger partial charge in [-0.15, -0.1) is 0 Å². The Labute approximate surface area is 147 Å². The van der Waals surface area contributed by atoms with Crippen LogP contribution in [0, 0.1) is 0 Å². The van der Waals surface area contributed by atoms with Crippen LogP contribution in [0.2, 0.25) is 0 Å². The van der Waals surface area contributed by atoms with Crippen molar-refractivity contribution in [1.82, 2.24) is 0 Å². The molecule has 4 heteroatoms. The van der Waals surface area contributed by atoms with E-state index in [9.17, 15) is 0 Å². The number of anilines is 1. The first-order chi connectivity index (χ1) is 12.3. The number of para-hydroxylation sites is 4. The van der Waals surface area contributed by atoms with Gasteiger partial charge in [-0.1, -0.05) is 24.3 Å². The van der Waals surface area contributed by atoms with Crippen LogP contribution < -0.4 is 14.2 Å². The highest BCUT2D eigenvalue weighted by molar-refractivity contribution is 5.70. The number of nitrogens with zero attached hydrogens (tertiary/aromatic N) is 2. The summed E-state index contributed by atoms with van der Waals surface area (Å²) in [6.07, 6.45) is 5.95. The average Bonchev–Trinajstić information content (AvgIpc) is 3.18. The molecule has 3 aromatic rings. The van der Waals surface area contributed by atoms with Gasteiger partial charge in [-0.05, 0) is 44.2 Å². The minimum absolute atomic E-state index is 0.833. The molecule has 0 aliphatic carbocycles. The van der Waals surface area contributed by atoms with Gasteiger partial charge in [0.1, 0.15) is 6.54 Å². The summed E-state index contributed by atoms with van der Waals surface area (Å²) in [7, 11) is 0. The predicted molar refractivity (Wildman–Crippen MR) is 99.3 cm³/mol. The maximum absolute atomic E-state index is 5.96. The average molecular weight is 333 g/mol. The van der Waals surface area contributed by atoms with Gasteiger partial charge >= 0.3 is 5.89 Å². The van der Waals surface area contributed by atoms with Crippen molar-refractivity contribution in [2.75, 3.05) is 11.4 Å². The number of allylic oxidation sites excluding steroid dienone is 2. The van der Waals surface area contributed by atoms with E-state index in [1.807, 2.05) is 54.6 Å². The Morgan fingerprint density at radius 1 is 1.04 bits per heavy atom. The van der Waals surface area contributed by atoms with E-state index in [2.05, 4.69) is 35.4 Å². The van der Waals surface area contributed by atoms with Crippen LogP contribution in [0.1, 0.15) is 19.7 Å². The molecule has 1 aliphatic heterocycles. The second-order valence-corrected chi connectivity index (χ2v) is 5.83. The highest BCUT2D eigenvalue weighted by Crippen LogP contribution is 2.38. The zero-order valence-corrected chi connectivity index (χ0v) is 14.5. The van der Waals surface area contributed by atoms with Crippen molar-refractivity contribution in [1.29, 1.82) is 0 Å². The Hall–Kier alpha value is -3.01. The summed E-state index contributed by atoms with van der Waals surface area (Å²) < 4.78 is 14.1. The number of hydrogen-bond acceptors (Lipinski definition) is 3. The van der Waals surface area contributed by atoms with Gasteiger partial charge in [-0.3, -0.25) is 0 Å². The van der Waals surface area contributed by atoms with Gasteiger partial charge in [0, 0.05) is 12.6 Å². The van der Waals surface area contributed by atoms with Crippen LogP contribution >= 0.6 is 0 Å². The highest BCUT2D eigenvalue weighted by atomic mass is 16.5. The molecule has 0 radical (unpaired) electrons. The second kappa shape index (κ2) is 6.48. The van der Waals surface area contributed by atoms with E-state index >= 15 is 0 Å². The van der Waals surface area contributed by atoms with Crippen LogP contribution in [0.3, 0.4) is 0 Å². The van der Waals surface area contributed by atoms with Crippen LogP contribution in [0.4, 0.5) is 5.69 Å². The predicted octanol–water partition coefficient (Wildman–Crippen LogP) is 4.51. The van der Waals surface area contributed by atoms with Crippen LogP contribution in [-0.2, 0) is 6.54 Å². The van der Waals surface area contributed by atoms with E-state index in [4.69, 9.17) is 9.15 Å².